The molecule has 0 bridgehead atoms. The molecule has 1 aromatic carbocycles. The molecule has 1 aliphatic heterocycles. The third-order valence-electron chi connectivity index (χ3n) is 3.35. The van der Waals surface area contributed by atoms with Crippen molar-refractivity contribution in [3.63, 3.8) is 0 Å². The number of likely N-dealkylation sites (N-methyl/N-ethyl adjacent to an activating group) is 1. The number of hydrogen-bond donors (Lipinski definition) is 2. The first-order chi connectivity index (χ1) is 9.70. The van der Waals surface area contributed by atoms with Crippen LogP contribution in [0, 0.1) is 0 Å². The van der Waals surface area contributed by atoms with Crippen LogP contribution >= 0.6 is 11.6 Å². The van der Waals surface area contributed by atoms with Crippen molar-refractivity contribution in [2.24, 2.45) is 0 Å². The minimum atomic E-state index is -0.128. The average molecular weight is 298 g/mol. The van der Waals surface area contributed by atoms with Crippen LogP contribution in [0.2, 0.25) is 5.02 Å². The lowest BCUT2D eigenvalue weighted by molar-refractivity contribution is -0.126. The summed E-state index contributed by atoms with van der Waals surface area (Å²) >= 11 is 5.90. The molecule has 0 spiro atoms. The molecule has 0 radical (unpaired) electrons. The summed E-state index contributed by atoms with van der Waals surface area (Å²) in [7, 11) is 1.66. The smallest absolute Gasteiger partial charge is 0.238 e. The van der Waals surface area contributed by atoms with Gasteiger partial charge in [0, 0.05) is 38.2 Å². The van der Waals surface area contributed by atoms with E-state index in [2.05, 4.69) is 15.5 Å². The second-order valence-electron chi connectivity index (χ2n) is 4.68. The number of ether oxygens (including phenoxy) is 1. The van der Waals surface area contributed by atoms with Crippen molar-refractivity contribution in [3.05, 3.63) is 29.3 Å². The van der Waals surface area contributed by atoms with E-state index in [1.54, 1.807) is 13.1 Å². The van der Waals surface area contributed by atoms with E-state index in [0.717, 1.165) is 18.8 Å². The van der Waals surface area contributed by atoms with Gasteiger partial charge in [-0.25, -0.2) is 0 Å². The summed E-state index contributed by atoms with van der Waals surface area (Å²) in [5.74, 6) is 0.795. The van der Waals surface area contributed by atoms with E-state index in [1.807, 2.05) is 18.2 Å². The van der Waals surface area contributed by atoms with E-state index in [-0.39, 0.29) is 11.9 Å². The van der Waals surface area contributed by atoms with Crippen molar-refractivity contribution >= 4 is 17.5 Å². The lowest BCUT2D eigenvalue weighted by atomic mass is 10.2. The molecule has 1 fully saturated rings. The van der Waals surface area contributed by atoms with Crippen LogP contribution in [0.1, 0.15) is 0 Å². The Kier molecular flexibility index (Phi) is 5.64. The molecule has 1 atom stereocenters. The zero-order chi connectivity index (χ0) is 14.4. The van der Waals surface area contributed by atoms with Gasteiger partial charge in [-0.1, -0.05) is 17.7 Å². The zero-order valence-corrected chi connectivity index (χ0v) is 12.3. The van der Waals surface area contributed by atoms with Gasteiger partial charge in [0.1, 0.15) is 18.4 Å². The molecule has 1 aromatic rings. The Labute approximate surface area is 124 Å². The number of nitrogens with one attached hydrogen (secondary N) is 2. The van der Waals surface area contributed by atoms with Gasteiger partial charge < -0.3 is 15.4 Å². The largest absolute Gasteiger partial charge is 0.492 e. The third-order valence-corrected chi connectivity index (χ3v) is 3.58. The predicted octanol–water partition coefficient (Wildman–Crippen LogP) is 0.739. The summed E-state index contributed by atoms with van der Waals surface area (Å²) in [5, 5.41) is 6.60. The summed E-state index contributed by atoms with van der Waals surface area (Å²) < 4.78 is 5.67. The maximum absolute atomic E-state index is 11.8. The quantitative estimate of drug-likeness (QED) is 0.842. The summed E-state index contributed by atoms with van der Waals surface area (Å²) in [4.78, 5) is 13.9. The zero-order valence-electron chi connectivity index (χ0n) is 11.6. The van der Waals surface area contributed by atoms with E-state index in [1.165, 1.54) is 0 Å². The van der Waals surface area contributed by atoms with Crippen molar-refractivity contribution in [1.82, 2.24) is 15.5 Å². The number of carbonyl (C=O) groups is 1. The minimum Gasteiger partial charge on any atom is -0.492 e. The summed E-state index contributed by atoms with van der Waals surface area (Å²) in [6.07, 6.45) is 0. The molecular weight excluding hydrogens is 278 g/mol. The highest BCUT2D eigenvalue weighted by molar-refractivity contribution is 6.30. The molecule has 1 heterocycles. The van der Waals surface area contributed by atoms with Gasteiger partial charge in [-0.3, -0.25) is 9.69 Å². The molecule has 1 unspecified atom stereocenters. The van der Waals surface area contributed by atoms with Crippen molar-refractivity contribution in [3.8, 4) is 5.75 Å². The first-order valence-electron chi connectivity index (χ1n) is 6.75. The summed E-state index contributed by atoms with van der Waals surface area (Å²) in [5.41, 5.74) is 0. The lowest BCUT2D eigenvalue weighted by Crippen LogP contribution is -2.58. The van der Waals surface area contributed by atoms with Crippen LogP contribution in [0.5, 0.6) is 5.75 Å². The van der Waals surface area contributed by atoms with Gasteiger partial charge in [0.15, 0.2) is 0 Å². The Bertz CT molecular complexity index is 456. The van der Waals surface area contributed by atoms with E-state index >= 15 is 0 Å². The Morgan fingerprint density at radius 2 is 2.45 bits per heavy atom. The van der Waals surface area contributed by atoms with Crippen molar-refractivity contribution in [1.29, 1.82) is 0 Å². The van der Waals surface area contributed by atoms with Crippen molar-refractivity contribution < 1.29 is 9.53 Å². The first-order valence-corrected chi connectivity index (χ1v) is 7.13. The summed E-state index contributed by atoms with van der Waals surface area (Å²) in [6, 6.07) is 7.20. The molecule has 0 aromatic heterocycles. The van der Waals surface area contributed by atoms with Crippen LogP contribution in [0.4, 0.5) is 0 Å². The number of carbonyl (C=O) groups excluding carboxylic acids is 1. The molecule has 1 saturated heterocycles. The van der Waals surface area contributed by atoms with E-state index < -0.39 is 0 Å². The number of rotatable bonds is 5. The third kappa shape index (κ3) is 4.10. The number of halogens is 1. The van der Waals surface area contributed by atoms with Gasteiger partial charge in [0.2, 0.25) is 5.91 Å². The maximum atomic E-state index is 11.8. The highest BCUT2D eigenvalue weighted by Gasteiger charge is 2.27. The van der Waals surface area contributed by atoms with Crippen LogP contribution in [-0.2, 0) is 4.79 Å². The molecule has 2 N–H and O–H groups in total. The highest BCUT2D eigenvalue weighted by atomic mass is 35.5. The van der Waals surface area contributed by atoms with E-state index in [0.29, 0.717) is 24.7 Å². The Morgan fingerprint density at radius 3 is 3.20 bits per heavy atom. The molecule has 0 aliphatic carbocycles. The van der Waals surface area contributed by atoms with Crippen molar-refractivity contribution in [2.75, 3.05) is 39.8 Å². The van der Waals surface area contributed by atoms with E-state index in [9.17, 15) is 4.79 Å². The monoisotopic (exact) mass is 297 g/mol. The molecular formula is C14H20ClN3O2. The highest BCUT2D eigenvalue weighted by Crippen LogP contribution is 2.17. The van der Waals surface area contributed by atoms with Crippen LogP contribution < -0.4 is 15.4 Å². The Morgan fingerprint density at radius 1 is 1.60 bits per heavy atom. The number of benzene rings is 1. The maximum Gasteiger partial charge on any atom is 0.238 e. The van der Waals surface area contributed by atoms with Gasteiger partial charge in [-0.05, 0) is 18.2 Å². The number of hydrogen-bond acceptors (Lipinski definition) is 4. The molecule has 5 nitrogen and oxygen atoms in total. The number of amides is 1. The second kappa shape index (κ2) is 7.47. The van der Waals surface area contributed by atoms with Crippen LogP contribution in [-0.4, -0.2) is 56.7 Å². The first kappa shape index (κ1) is 15.1. The second-order valence-corrected chi connectivity index (χ2v) is 5.11. The Hall–Kier alpha value is -1.30. The van der Waals surface area contributed by atoms with Gasteiger partial charge in [-0.15, -0.1) is 0 Å². The summed E-state index contributed by atoms with van der Waals surface area (Å²) in [6.45, 7) is 3.67. The molecule has 110 valence electrons. The van der Waals surface area contributed by atoms with Crippen LogP contribution in [0.15, 0.2) is 24.3 Å². The fourth-order valence-corrected chi connectivity index (χ4v) is 2.46. The SMILES string of the molecule is CNC(=O)C1CNCCN1CCOc1cccc(Cl)c1. The lowest BCUT2D eigenvalue weighted by Gasteiger charge is -2.34. The molecule has 1 amide bonds. The van der Waals surface area contributed by atoms with Gasteiger partial charge in [0.05, 0.1) is 0 Å². The fourth-order valence-electron chi connectivity index (χ4n) is 2.28. The standard InChI is InChI=1S/C14H20ClN3O2/c1-16-14(19)13-10-17-5-6-18(13)7-8-20-12-4-2-3-11(15)9-12/h2-4,9,13,17H,5-8,10H2,1H3,(H,16,19). The number of nitrogens with zero attached hydrogens (tertiary/aromatic N) is 1. The van der Waals surface area contributed by atoms with E-state index in [4.69, 9.17) is 16.3 Å². The topological polar surface area (TPSA) is 53.6 Å². The van der Waals surface area contributed by atoms with Crippen LogP contribution in [0.3, 0.4) is 0 Å². The predicted molar refractivity (Wildman–Crippen MR) is 79.2 cm³/mol. The molecule has 0 saturated carbocycles. The molecule has 2 rings (SSSR count). The average Bonchev–Trinajstić information content (AvgIpc) is 2.47. The normalized spacial score (nSPS) is 19.6. The molecule has 20 heavy (non-hydrogen) atoms. The molecule has 1 aliphatic rings. The fraction of sp³-hybridized carbons (Fsp3) is 0.500. The van der Waals surface area contributed by atoms with Gasteiger partial charge >= 0.3 is 0 Å². The minimum absolute atomic E-state index is 0.0416. The van der Waals surface area contributed by atoms with Crippen LogP contribution in [0.25, 0.3) is 0 Å². The Balaban J connectivity index is 1.84. The van der Waals surface area contributed by atoms with Crippen molar-refractivity contribution in [2.45, 2.75) is 6.04 Å². The number of piperazine rings is 1. The van der Waals surface area contributed by atoms with Gasteiger partial charge in [-0.2, -0.15) is 0 Å². The molecule has 6 heteroatoms. The van der Waals surface area contributed by atoms with Gasteiger partial charge in [0.25, 0.3) is 0 Å².